The Bertz CT molecular complexity index is 1060. The number of benzene rings is 2. The normalized spacial score (nSPS) is 26.0. The molecule has 5 nitrogen and oxygen atoms in total. The van der Waals surface area contributed by atoms with Crippen molar-refractivity contribution in [1.82, 2.24) is 4.31 Å². The minimum absolute atomic E-state index is 0.188. The number of nitrogens with one attached hydrogen (secondary N) is 1. The summed E-state index contributed by atoms with van der Waals surface area (Å²) < 4.78 is 33.3. The van der Waals surface area contributed by atoms with E-state index in [9.17, 15) is 8.42 Å². The van der Waals surface area contributed by atoms with Crippen LogP contribution in [0.2, 0.25) is 0 Å². The molecule has 0 saturated carbocycles. The Labute approximate surface area is 178 Å². The van der Waals surface area contributed by atoms with Gasteiger partial charge in [0.1, 0.15) is 5.75 Å². The zero-order chi connectivity index (χ0) is 20.7. The van der Waals surface area contributed by atoms with Crippen molar-refractivity contribution >= 4 is 15.7 Å². The molecule has 3 atom stereocenters. The highest BCUT2D eigenvalue weighted by atomic mass is 32.2. The van der Waals surface area contributed by atoms with E-state index in [1.165, 1.54) is 5.56 Å². The van der Waals surface area contributed by atoms with E-state index in [4.69, 9.17) is 4.74 Å². The molecule has 0 radical (unpaired) electrons. The average molecular weight is 425 g/mol. The van der Waals surface area contributed by atoms with Gasteiger partial charge < -0.3 is 10.1 Å². The molecule has 0 spiro atoms. The fourth-order valence-electron chi connectivity index (χ4n) is 5.13. The van der Waals surface area contributed by atoms with E-state index < -0.39 is 10.0 Å². The highest BCUT2D eigenvalue weighted by Gasteiger charge is 2.39. The molecular weight excluding hydrogens is 396 g/mol. The van der Waals surface area contributed by atoms with Crippen molar-refractivity contribution in [3.8, 4) is 5.75 Å². The van der Waals surface area contributed by atoms with Crippen molar-refractivity contribution in [2.45, 2.75) is 42.5 Å². The molecule has 30 heavy (non-hydrogen) atoms. The van der Waals surface area contributed by atoms with E-state index in [0.717, 1.165) is 42.7 Å². The summed E-state index contributed by atoms with van der Waals surface area (Å²) in [5.41, 5.74) is 3.35. The third kappa shape index (κ3) is 3.32. The first-order valence-corrected chi connectivity index (χ1v) is 12.2. The van der Waals surface area contributed by atoms with Crippen LogP contribution in [-0.4, -0.2) is 32.9 Å². The first kappa shape index (κ1) is 19.6. The number of piperidine rings is 1. The van der Waals surface area contributed by atoms with Gasteiger partial charge >= 0.3 is 0 Å². The molecule has 1 N–H and O–H groups in total. The second kappa shape index (κ2) is 7.75. The lowest BCUT2D eigenvalue weighted by Crippen LogP contribution is -2.36. The average Bonchev–Trinajstić information content (AvgIpc) is 3.29. The number of rotatable bonds is 4. The van der Waals surface area contributed by atoms with Crippen molar-refractivity contribution in [2.24, 2.45) is 5.92 Å². The maximum Gasteiger partial charge on any atom is 0.243 e. The van der Waals surface area contributed by atoms with Crippen molar-refractivity contribution in [1.29, 1.82) is 0 Å². The zero-order valence-corrected chi connectivity index (χ0v) is 18.1. The van der Waals surface area contributed by atoms with Gasteiger partial charge in [0.25, 0.3) is 0 Å². The lowest BCUT2D eigenvalue weighted by atomic mass is 9.77. The molecule has 1 fully saturated rings. The summed E-state index contributed by atoms with van der Waals surface area (Å²) in [7, 11) is -1.75. The Balaban J connectivity index is 1.49. The minimum Gasteiger partial charge on any atom is -0.497 e. The molecule has 3 unspecified atom stereocenters. The standard InChI is InChI=1S/C24H28N2O3S/c1-29-18-10-8-17(9-11-18)24-21-7-5-6-20(21)22-16-19(12-13-23(22)25-24)30(27,28)26-14-3-2-4-15-26/h5-6,8-13,16,20-21,24-25H,2-4,7,14-15H2,1H3. The van der Waals surface area contributed by atoms with Crippen molar-refractivity contribution in [3.63, 3.8) is 0 Å². The second-order valence-electron chi connectivity index (χ2n) is 8.46. The van der Waals surface area contributed by atoms with E-state index in [2.05, 4.69) is 29.6 Å². The minimum atomic E-state index is -3.43. The monoisotopic (exact) mass is 424 g/mol. The molecule has 1 saturated heterocycles. The van der Waals surface area contributed by atoms with Gasteiger partial charge in [-0.1, -0.05) is 30.7 Å². The van der Waals surface area contributed by atoms with Gasteiger partial charge in [0.15, 0.2) is 0 Å². The van der Waals surface area contributed by atoms with Crippen LogP contribution in [0.15, 0.2) is 59.5 Å². The number of nitrogens with zero attached hydrogens (tertiary/aromatic N) is 1. The lowest BCUT2D eigenvalue weighted by Gasteiger charge is -2.38. The molecule has 1 aliphatic carbocycles. The van der Waals surface area contributed by atoms with Crippen molar-refractivity contribution in [2.75, 3.05) is 25.5 Å². The quantitative estimate of drug-likeness (QED) is 0.723. The molecule has 6 heteroatoms. The summed E-state index contributed by atoms with van der Waals surface area (Å²) in [5, 5.41) is 3.69. The molecule has 0 aromatic heterocycles. The third-order valence-corrected chi connectivity index (χ3v) is 8.66. The SMILES string of the molecule is COc1ccc(C2Nc3ccc(S(=O)(=O)N4CCCCC4)cc3C3C=CCC32)cc1. The van der Waals surface area contributed by atoms with Crippen LogP contribution in [0.3, 0.4) is 0 Å². The largest absolute Gasteiger partial charge is 0.497 e. The predicted molar refractivity (Wildman–Crippen MR) is 118 cm³/mol. The maximum absolute atomic E-state index is 13.2. The molecule has 2 aromatic carbocycles. The number of hydrogen-bond acceptors (Lipinski definition) is 4. The Hall–Kier alpha value is -2.31. The number of methoxy groups -OCH3 is 1. The summed E-state index contributed by atoms with van der Waals surface area (Å²) in [6, 6.07) is 14.0. The van der Waals surface area contributed by atoms with Crippen LogP contribution < -0.4 is 10.1 Å². The summed E-state index contributed by atoms with van der Waals surface area (Å²) in [6.45, 7) is 1.26. The number of anilines is 1. The van der Waals surface area contributed by atoms with Crippen LogP contribution in [0, 0.1) is 5.92 Å². The molecule has 158 valence electrons. The lowest BCUT2D eigenvalue weighted by molar-refractivity contribution is 0.346. The van der Waals surface area contributed by atoms with Crippen LogP contribution in [0.1, 0.15) is 48.8 Å². The van der Waals surface area contributed by atoms with E-state index in [1.54, 1.807) is 17.5 Å². The maximum atomic E-state index is 13.2. The summed E-state index contributed by atoms with van der Waals surface area (Å²) in [4.78, 5) is 0.423. The van der Waals surface area contributed by atoms with Gasteiger partial charge in [-0.15, -0.1) is 0 Å². The van der Waals surface area contributed by atoms with Crippen molar-refractivity contribution in [3.05, 3.63) is 65.7 Å². The summed E-state index contributed by atoms with van der Waals surface area (Å²) in [5.74, 6) is 1.45. The summed E-state index contributed by atoms with van der Waals surface area (Å²) in [6.07, 6.45) is 8.47. The van der Waals surface area contributed by atoms with Crippen molar-refractivity contribution < 1.29 is 13.2 Å². The van der Waals surface area contributed by atoms with Gasteiger partial charge in [0, 0.05) is 24.7 Å². The van der Waals surface area contributed by atoms with Gasteiger partial charge in [-0.3, -0.25) is 0 Å². The Morgan fingerprint density at radius 3 is 2.53 bits per heavy atom. The molecule has 0 bridgehead atoms. The number of sulfonamides is 1. The molecule has 5 rings (SSSR count). The second-order valence-corrected chi connectivity index (χ2v) is 10.4. The molecule has 2 aromatic rings. The van der Waals surface area contributed by atoms with E-state index in [1.807, 2.05) is 24.3 Å². The number of fused-ring (bicyclic) bond motifs is 3. The van der Waals surface area contributed by atoms with Gasteiger partial charge in [0.2, 0.25) is 10.0 Å². The van der Waals surface area contributed by atoms with E-state index in [-0.39, 0.29) is 12.0 Å². The Morgan fingerprint density at radius 2 is 1.80 bits per heavy atom. The number of allylic oxidation sites excluding steroid dienone is 2. The molecular formula is C24H28N2O3S. The predicted octanol–water partition coefficient (Wildman–Crippen LogP) is 4.70. The van der Waals surface area contributed by atoms with Gasteiger partial charge in [0.05, 0.1) is 18.0 Å². The molecule has 0 amide bonds. The smallest absolute Gasteiger partial charge is 0.243 e. The van der Waals surface area contributed by atoms with E-state index >= 15 is 0 Å². The number of hydrogen-bond donors (Lipinski definition) is 1. The van der Waals surface area contributed by atoms with Gasteiger partial charge in [-0.25, -0.2) is 8.42 Å². The first-order valence-electron chi connectivity index (χ1n) is 10.8. The van der Waals surface area contributed by atoms with Gasteiger partial charge in [-0.05, 0) is 66.6 Å². The fraction of sp³-hybridized carbons (Fsp3) is 0.417. The van der Waals surface area contributed by atoms with Gasteiger partial charge in [-0.2, -0.15) is 4.31 Å². The third-order valence-electron chi connectivity index (χ3n) is 6.76. The highest BCUT2D eigenvalue weighted by Crippen LogP contribution is 2.50. The topological polar surface area (TPSA) is 58.6 Å². The number of ether oxygens (including phenoxy) is 1. The Morgan fingerprint density at radius 1 is 1.03 bits per heavy atom. The van der Waals surface area contributed by atoms with Crippen LogP contribution >= 0.6 is 0 Å². The van der Waals surface area contributed by atoms with Crippen LogP contribution in [0.4, 0.5) is 5.69 Å². The molecule has 3 aliphatic rings. The fourth-order valence-corrected chi connectivity index (χ4v) is 6.68. The van der Waals surface area contributed by atoms with Crippen LogP contribution in [0.5, 0.6) is 5.75 Å². The molecule has 2 heterocycles. The van der Waals surface area contributed by atoms with E-state index in [0.29, 0.717) is 23.9 Å². The van der Waals surface area contributed by atoms with Crippen LogP contribution in [-0.2, 0) is 10.0 Å². The van der Waals surface area contributed by atoms with Crippen LogP contribution in [0.25, 0.3) is 0 Å². The summed E-state index contributed by atoms with van der Waals surface area (Å²) >= 11 is 0. The highest BCUT2D eigenvalue weighted by molar-refractivity contribution is 7.89. The zero-order valence-electron chi connectivity index (χ0n) is 17.3. The Kier molecular flexibility index (Phi) is 5.07. The first-order chi connectivity index (χ1) is 14.6. The molecule has 2 aliphatic heterocycles.